The summed E-state index contributed by atoms with van der Waals surface area (Å²) in [4.78, 5) is 2.47. The molecule has 0 fully saturated rings. The van der Waals surface area contributed by atoms with Gasteiger partial charge >= 0.3 is 0 Å². The minimum absolute atomic E-state index is 0. The highest BCUT2D eigenvalue weighted by molar-refractivity contribution is 6.18. The Kier molecular flexibility index (Phi) is 8.44. The van der Waals surface area contributed by atoms with Crippen LogP contribution in [0.5, 0.6) is 0 Å². The molecule has 2 aromatic carbocycles. The molecule has 0 aromatic heterocycles. The summed E-state index contributed by atoms with van der Waals surface area (Å²) in [5.41, 5.74) is 2.66. The molecule has 3 heteroatoms. The second-order valence-electron chi connectivity index (χ2n) is 4.95. The second kappa shape index (κ2) is 9.83. The SMILES string of the molecule is CCCN(CCCl)C(c1ccccc1)c1ccccc1.Cl. The average molecular weight is 324 g/mol. The number of rotatable bonds is 7. The van der Waals surface area contributed by atoms with E-state index in [2.05, 4.69) is 72.5 Å². The molecule has 0 aliphatic rings. The van der Waals surface area contributed by atoms with Crippen LogP contribution in [-0.4, -0.2) is 23.9 Å². The summed E-state index contributed by atoms with van der Waals surface area (Å²) in [6, 6.07) is 21.7. The van der Waals surface area contributed by atoms with Crippen LogP contribution in [0.15, 0.2) is 60.7 Å². The lowest BCUT2D eigenvalue weighted by Gasteiger charge is -2.32. The van der Waals surface area contributed by atoms with Crippen molar-refractivity contribution in [3.05, 3.63) is 71.8 Å². The number of benzene rings is 2. The molecule has 1 nitrogen and oxygen atoms in total. The molecule has 0 atom stereocenters. The largest absolute Gasteiger partial charge is 0.291 e. The van der Waals surface area contributed by atoms with Crippen molar-refractivity contribution in [3.63, 3.8) is 0 Å². The summed E-state index contributed by atoms with van der Waals surface area (Å²) in [5, 5.41) is 0. The second-order valence-corrected chi connectivity index (χ2v) is 5.33. The molecule has 0 aliphatic carbocycles. The molecule has 114 valence electrons. The van der Waals surface area contributed by atoms with E-state index in [0.29, 0.717) is 5.88 Å². The van der Waals surface area contributed by atoms with E-state index in [1.807, 2.05) is 0 Å². The van der Waals surface area contributed by atoms with E-state index in [0.717, 1.165) is 19.5 Å². The maximum atomic E-state index is 6.01. The number of halogens is 2. The fourth-order valence-corrected chi connectivity index (χ4v) is 2.87. The van der Waals surface area contributed by atoms with Crippen molar-refractivity contribution in [2.45, 2.75) is 19.4 Å². The standard InChI is InChI=1S/C18H22ClN.ClH/c1-2-14-20(15-13-19)18(16-9-5-3-6-10-16)17-11-7-4-8-12-17;/h3-12,18H,2,13-15H2,1H3;1H. The van der Waals surface area contributed by atoms with Gasteiger partial charge in [-0.15, -0.1) is 24.0 Å². The first-order valence-electron chi connectivity index (χ1n) is 7.26. The summed E-state index contributed by atoms with van der Waals surface area (Å²) in [5.74, 6) is 0.663. The van der Waals surface area contributed by atoms with Crippen molar-refractivity contribution in [1.29, 1.82) is 0 Å². The fraction of sp³-hybridized carbons (Fsp3) is 0.333. The molecule has 0 saturated heterocycles. The zero-order valence-corrected chi connectivity index (χ0v) is 14.0. The van der Waals surface area contributed by atoms with Crippen molar-refractivity contribution in [2.24, 2.45) is 0 Å². The van der Waals surface area contributed by atoms with Gasteiger partial charge in [-0.1, -0.05) is 67.6 Å². The topological polar surface area (TPSA) is 3.24 Å². The number of alkyl halides is 1. The summed E-state index contributed by atoms with van der Waals surface area (Å²) >= 11 is 6.01. The normalized spacial score (nSPS) is 10.7. The first-order valence-corrected chi connectivity index (χ1v) is 7.80. The Morgan fingerprint density at radius 1 is 0.857 bits per heavy atom. The number of hydrogen-bond donors (Lipinski definition) is 0. The molecule has 2 aromatic rings. The molecular weight excluding hydrogens is 301 g/mol. The van der Waals surface area contributed by atoms with Gasteiger partial charge in [0.25, 0.3) is 0 Å². The first-order chi connectivity index (χ1) is 9.86. The lowest BCUT2D eigenvalue weighted by molar-refractivity contribution is 0.239. The van der Waals surface area contributed by atoms with Gasteiger partial charge in [0.2, 0.25) is 0 Å². The van der Waals surface area contributed by atoms with Crippen LogP contribution in [0.4, 0.5) is 0 Å². The van der Waals surface area contributed by atoms with Crippen molar-refractivity contribution in [3.8, 4) is 0 Å². The van der Waals surface area contributed by atoms with Crippen LogP contribution in [0.1, 0.15) is 30.5 Å². The summed E-state index contributed by atoms with van der Waals surface area (Å²) < 4.78 is 0. The van der Waals surface area contributed by atoms with Gasteiger partial charge in [-0.05, 0) is 24.1 Å². The minimum atomic E-state index is 0. The maximum Gasteiger partial charge on any atom is 0.0602 e. The zero-order valence-electron chi connectivity index (χ0n) is 12.4. The molecule has 0 radical (unpaired) electrons. The predicted octanol–water partition coefficient (Wildman–Crippen LogP) is 5.15. The van der Waals surface area contributed by atoms with Gasteiger partial charge in [0.05, 0.1) is 6.04 Å². The molecule has 0 aliphatic heterocycles. The van der Waals surface area contributed by atoms with Gasteiger partial charge in [-0.2, -0.15) is 0 Å². The Labute approximate surface area is 139 Å². The number of hydrogen-bond acceptors (Lipinski definition) is 1. The molecule has 0 spiro atoms. The molecule has 0 N–H and O–H groups in total. The summed E-state index contributed by atoms with van der Waals surface area (Å²) in [7, 11) is 0. The van der Waals surface area contributed by atoms with E-state index in [4.69, 9.17) is 11.6 Å². The van der Waals surface area contributed by atoms with Crippen molar-refractivity contribution in [1.82, 2.24) is 4.90 Å². The van der Waals surface area contributed by atoms with Gasteiger partial charge < -0.3 is 0 Å². The molecule has 0 amide bonds. The predicted molar refractivity (Wildman–Crippen MR) is 94.6 cm³/mol. The fourth-order valence-electron chi connectivity index (χ4n) is 2.65. The average Bonchev–Trinajstić information content (AvgIpc) is 2.50. The van der Waals surface area contributed by atoms with Crippen molar-refractivity contribution < 1.29 is 0 Å². The van der Waals surface area contributed by atoms with Crippen LogP contribution < -0.4 is 0 Å². The molecule has 0 saturated carbocycles. The quantitative estimate of drug-likeness (QED) is 0.637. The van der Waals surface area contributed by atoms with E-state index in [1.165, 1.54) is 11.1 Å². The lowest BCUT2D eigenvalue weighted by Crippen LogP contribution is -2.32. The number of nitrogens with zero attached hydrogens (tertiary/aromatic N) is 1. The van der Waals surface area contributed by atoms with Crippen LogP contribution in [0.2, 0.25) is 0 Å². The van der Waals surface area contributed by atoms with Crippen molar-refractivity contribution >= 4 is 24.0 Å². The third-order valence-corrected chi connectivity index (χ3v) is 3.65. The Morgan fingerprint density at radius 3 is 1.71 bits per heavy atom. The van der Waals surface area contributed by atoms with Crippen molar-refractivity contribution in [2.75, 3.05) is 19.0 Å². The summed E-state index contributed by atoms with van der Waals surface area (Å²) in [6.07, 6.45) is 1.13. The van der Waals surface area contributed by atoms with Crippen LogP contribution in [0, 0.1) is 0 Å². The summed E-state index contributed by atoms with van der Waals surface area (Å²) in [6.45, 7) is 4.18. The first kappa shape index (κ1) is 18.0. The highest BCUT2D eigenvalue weighted by Gasteiger charge is 2.20. The third-order valence-electron chi connectivity index (χ3n) is 3.48. The maximum absolute atomic E-state index is 6.01. The van der Waals surface area contributed by atoms with Crippen LogP contribution in [-0.2, 0) is 0 Å². The van der Waals surface area contributed by atoms with Gasteiger partial charge in [-0.3, -0.25) is 4.90 Å². The monoisotopic (exact) mass is 323 g/mol. The van der Waals surface area contributed by atoms with E-state index in [1.54, 1.807) is 0 Å². The Balaban J connectivity index is 0.00000220. The van der Waals surface area contributed by atoms with E-state index in [9.17, 15) is 0 Å². The van der Waals surface area contributed by atoms with Gasteiger partial charge in [-0.25, -0.2) is 0 Å². The third kappa shape index (κ3) is 5.03. The van der Waals surface area contributed by atoms with Gasteiger partial charge in [0.15, 0.2) is 0 Å². The minimum Gasteiger partial charge on any atom is -0.291 e. The Morgan fingerprint density at radius 2 is 1.33 bits per heavy atom. The van der Waals surface area contributed by atoms with Crippen LogP contribution >= 0.6 is 24.0 Å². The zero-order chi connectivity index (χ0) is 14.2. The molecule has 21 heavy (non-hydrogen) atoms. The Hall–Kier alpha value is -1.02. The van der Waals surface area contributed by atoms with Gasteiger partial charge in [0.1, 0.15) is 0 Å². The molecule has 0 bridgehead atoms. The van der Waals surface area contributed by atoms with E-state index >= 15 is 0 Å². The molecule has 2 rings (SSSR count). The molecule has 0 unspecified atom stereocenters. The van der Waals surface area contributed by atoms with E-state index < -0.39 is 0 Å². The lowest BCUT2D eigenvalue weighted by atomic mass is 9.97. The smallest absolute Gasteiger partial charge is 0.0602 e. The van der Waals surface area contributed by atoms with E-state index in [-0.39, 0.29) is 18.4 Å². The van der Waals surface area contributed by atoms with Crippen LogP contribution in [0.25, 0.3) is 0 Å². The van der Waals surface area contributed by atoms with Crippen LogP contribution in [0.3, 0.4) is 0 Å². The Bertz CT molecular complexity index is 442. The van der Waals surface area contributed by atoms with Gasteiger partial charge in [0, 0.05) is 12.4 Å². The highest BCUT2D eigenvalue weighted by atomic mass is 35.5. The molecular formula is C18H23Cl2N. The highest BCUT2D eigenvalue weighted by Crippen LogP contribution is 2.28. The molecule has 0 heterocycles.